The number of hydrogen-bond donors (Lipinski definition) is 4. The molecule has 5 aromatic rings. The van der Waals surface area contributed by atoms with Gasteiger partial charge in [-0.2, -0.15) is 0 Å². The smallest absolute Gasteiger partial charge is 0.280 e. The van der Waals surface area contributed by atoms with Crippen LogP contribution in [0.3, 0.4) is 0 Å². The van der Waals surface area contributed by atoms with Crippen LogP contribution in [-0.4, -0.2) is 55.9 Å². The first kappa shape index (κ1) is 31.6. The molecule has 0 aliphatic carbocycles. The third-order valence-corrected chi connectivity index (χ3v) is 7.15. The molecule has 2 heterocycles. The Morgan fingerprint density at radius 2 is 1.76 bits per heavy atom. The molecular weight excluding hydrogens is 596 g/mol. The quantitative estimate of drug-likeness (QED) is 0.185. The number of amides is 2. The normalized spacial score (nSPS) is 10.7. The van der Waals surface area contributed by atoms with Gasteiger partial charge in [0, 0.05) is 47.7 Å². The van der Waals surface area contributed by atoms with E-state index in [1.807, 2.05) is 6.07 Å². The highest BCUT2D eigenvalue weighted by molar-refractivity contribution is 5.95. The number of carbonyl (C=O) groups is 2. The van der Waals surface area contributed by atoms with Gasteiger partial charge in [0.2, 0.25) is 5.95 Å². The Morgan fingerprint density at radius 3 is 2.50 bits per heavy atom. The number of nitrogens with one attached hydrogen (secondary N) is 3. The molecule has 0 bridgehead atoms. The van der Waals surface area contributed by atoms with Crippen molar-refractivity contribution < 1.29 is 23.5 Å². The topological polar surface area (TPSA) is 143 Å². The first-order valence-electron chi connectivity index (χ1n) is 14.1. The fourth-order valence-electron chi connectivity index (χ4n) is 4.65. The maximum Gasteiger partial charge on any atom is 0.280 e. The average molecular weight is 626 g/mol. The molecule has 0 unspecified atom stereocenters. The van der Waals surface area contributed by atoms with E-state index in [0.29, 0.717) is 39.5 Å². The van der Waals surface area contributed by atoms with Crippen LogP contribution < -0.4 is 21.5 Å². The molecule has 0 aliphatic rings. The number of hydrogen-bond acceptors (Lipinski definition) is 7. The number of anilines is 2. The van der Waals surface area contributed by atoms with Crippen LogP contribution in [-0.2, 0) is 13.6 Å². The van der Waals surface area contributed by atoms with Gasteiger partial charge in [0.1, 0.15) is 5.56 Å². The van der Waals surface area contributed by atoms with Gasteiger partial charge < -0.3 is 21.1 Å². The summed E-state index contributed by atoms with van der Waals surface area (Å²) in [5, 5.41) is 17.9. The van der Waals surface area contributed by atoms with E-state index in [-0.39, 0.29) is 37.7 Å². The van der Waals surface area contributed by atoms with E-state index in [4.69, 9.17) is 5.11 Å². The predicted molar refractivity (Wildman–Crippen MR) is 168 cm³/mol. The summed E-state index contributed by atoms with van der Waals surface area (Å²) in [5.41, 5.74) is 2.68. The Bertz CT molecular complexity index is 2060. The second kappa shape index (κ2) is 13.8. The Hall–Kier alpha value is -5.87. The SMILES string of the molecule is Cc1c(C(=O)NCC#Cc2ccc3nc(Nc4ccc(C(=O)NCCO)cc4)ncc3c2)c(=O)n(Cc2ccc(F)c(F)c2)n1C. The minimum Gasteiger partial charge on any atom is -0.395 e. The fraction of sp³-hybridized carbons (Fsp3) is 0.182. The second-order valence-corrected chi connectivity index (χ2v) is 10.2. The molecule has 46 heavy (non-hydrogen) atoms. The molecule has 0 saturated carbocycles. The zero-order chi connectivity index (χ0) is 32.8. The third kappa shape index (κ3) is 7.09. The van der Waals surface area contributed by atoms with Gasteiger partial charge in [-0.1, -0.05) is 17.9 Å². The number of nitrogens with zero attached hydrogens (tertiary/aromatic N) is 4. The summed E-state index contributed by atoms with van der Waals surface area (Å²) >= 11 is 0. The van der Waals surface area contributed by atoms with Gasteiger partial charge in [-0.3, -0.25) is 19.1 Å². The highest BCUT2D eigenvalue weighted by atomic mass is 19.2. The molecule has 2 aromatic heterocycles. The van der Waals surface area contributed by atoms with E-state index >= 15 is 0 Å². The van der Waals surface area contributed by atoms with Crippen molar-refractivity contribution in [3.05, 3.63) is 117 Å². The van der Waals surface area contributed by atoms with Crippen LogP contribution in [0.1, 0.15) is 37.5 Å². The van der Waals surface area contributed by atoms with Gasteiger partial charge in [0.25, 0.3) is 17.4 Å². The van der Waals surface area contributed by atoms with Gasteiger partial charge in [-0.25, -0.2) is 23.4 Å². The third-order valence-electron chi connectivity index (χ3n) is 7.15. The highest BCUT2D eigenvalue weighted by Crippen LogP contribution is 2.18. The van der Waals surface area contributed by atoms with Gasteiger partial charge in [0.05, 0.1) is 25.2 Å². The number of aromatic nitrogens is 4. The Balaban J connectivity index is 1.20. The lowest BCUT2D eigenvalue weighted by atomic mass is 10.1. The van der Waals surface area contributed by atoms with Crippen molar-refractivity contribution in [3.8, 4) is 11.8 Å². The monoisotopic (exact) mass is 625 g/mol. The molecule has 3 aromatic carbocycles. The van der Waals surface area contributed by atoms with Crippen molar-refractivity contribution in [2.24, 2.45) is 7.05 Å². The zero-order valence-electron chi connectivity index (χ0n) is 24.9. The number of aliphatic hydroxyl groups is 1. The van der Waals surface area contributed by atoms with Crippen LogP contribution in [0, 0.1) is 30.4 Å². The van der Waals surface area contributed by atoms with E-state index < -0.39 is 23.1 Å². The van der Waals surface area contributed by atoms with Gasteiger partial charge in [-0.05, 0) is 67.1 Å². The van der Waals surface area contributed by atoms with Crippen molar-refractivity contribution in [2.45, 2.75) is 13.5 Å². The molecule has 0 radical (unpaired) electrons. The number of carbonyl (C=O) groups excluding carboxylic acids is 2. The number of rotatable bonds is 9. The molecule has 13 heteroatoms. The molecule has 4 N–H and O–H groups in total. The summed E-state index contributed by atoms with van der Waals surface area (Å²) in [4.78, 5) is 46.8. The van der Waals surface area contributed by atoms with E-state index in [0.717, 1.165) is 17.5 Å². The van der Waals surface area contributed by atoms with Crippen molar-refractivity contribution >= 4 is 34.4 Å². The van der Waals surface area contributed by atoms with Crippen LogP contribution in [0.15, 0.2) is 71.7 Å². The van der Waals surface area contributed by atoms with Crippen molar-refractivity contribution in [2.75, 3.05) is 25.0 Å². The molecule has 0 saturated heterocycles. The summed E-state index contributed by atoms with van der Waals surface area (Å²) < 4.78 is 29.7. The maximum atomic E-state index is 13.6. The van der Waals surface area contributed by atoms with Crippen LogP contribution in [0.25, 0.3) is 10.9 Å². The minimum atomic E-state index is -1.02. The number of fused-ring (bicyclic) bond motifs is 1. The molecule has 5 rings (SSSR count). The van der Waals surface area contributed by atoms with E-state index in [2.05, 4.69) is 37.8 Å². The molecule has 2 amide bonds. The van der Waals surface area contributed by atoms with Gasteiger partial charge >= 0.3 is 0 Å². The standard InChI is InChI=1S/C33H29F2N7O4/c1-20-29(32(46)42(41(20)2)19-22-5-11-26(34)27(35)17-22)31(45)36-13-3-4-21-6-12-28-24(16-21)18-38-33(40-28)39-25-9-7-23(8-10-25)30(44)37-14-15-43/h5-12,16-18,43H,13-15,19H2,1-2H3,(H,36,45)(H,37,44)(H,38,39,40). The van der Waals surface area contributed by atoms with Crippen molar-refractivity contribution in [3.63, 3.8) is 0 Å². The molecule has 0 fully saturated rings. The van der Waals surface area contributed by atoms with E-state index in [1.165, 1.54) is 15.4 Å². The van der Waals surface area contributed by atoms with Gasteiger partial charge in [0.15, 0.2) is 11.6 Å². The highest BCUT2D eigenvalue weighted by Gasteiger charge is 2.21. The number of halogens is 2. The predicted octanol–water partition coefficient (Wildman–Crippen LogP) is 3.01. The lowest BCUT2D eigenvalue weighted by molar-refractivity contribution is 0.0941. The lowest BCUT2D eigenvalue weighted by Crippen LogP contribution is -2.31. The van der Waals surface area contributed by atoms with Crippen molar-refractivity contribution in [1.82, 2.24) is 30.0 Å². The van der Waals surface area contributed by atoms with Crippen molar-refractivity contribution in [1.29, 1.82) is 0 Å². The zero-order valence-corrected chi connectivity index (χ0v) is 24.9. The summed E-state index contributed by atoms with van der Waals surface area (Å²) in [6, 6.07) is 15.5. The first-order chi connectivity index (χ1) is 22.1. The molecular formula is C33H29F2N7O4. The average Bonchev–Trinajstić information content (AvgIpc) is 3.26. The summed E-state index contributed by atoms with van der Waals surface area (Å²) in [6.45, 7) is 1.61. The Morgan fingerprint density at radius 1 is 0.978 bits per heavy atom. The van der Waals surface area contributed by atoms with Gasteiger partial charge in [-0.15, -0.1) is 0 Å². The van der Waals surface area contributed by atoms with Crippen LogP contribution in [0.5, 0.6) is 0 Å². The Kier molecular flexibility index (Phi) is 9.49. The molecule has 0 aliphatic heterocycles. The molecule has 0 atom stereocenters. The maximum absolute atomic E-state index is 13.6. The van der Waals surface area contributed by atoms with Crippen LogP contribution in [0.2, 0.25) is 0 Å². The van der Waals surface area contributed by atoms with Crippen LogP contribution >= 0.6 is 0 Å². The largest absolute Gasteiger partial charge is 0.395 e. The Labute approximate surface area is 261 Å². The number of aliphatic hydroxyl groups excluding tert-OH is 1. The molecule has 234 valence electrons. The summed E-state index contributed by atoms with van der Waals surface area (Å²) in [6.07, 6.45) is 1.65. The van der Waals surface area contributed by atoms with E-state index in [9.17, 15) is 23.2 Å². The summed E-state index contributed by atoms with van der Waals surface area (Å²) in [5.74, 6) is 3.35. The lowest BCUT2D eigenvalue weighted by Gasteiger charge is -2.08. The minimum absolute atomic E-state index is 0.0188. The van der Waals surface area contributed by atoms with E-state index in [1.54, 1.807) is 56.6 Å². The van der Waals surface area contributed by atoms with Crippen LogP contribution in [0.4, 0.5) is 20.4 Å². The summed E-state index contributed by atoms with van der Waals surface area (Å²) in [7, 11) is 1.61. The number of benzene rings is 3. The second-order valence-electron chi connectivity index (χ2n) is 10.2. The first-order valence-corrected chi connectivity index (χ1v) is 14.1. The fourth-order valence-corrected chi connectivity index (χ4v) is 4.65. The molecule has 0 spiro atoms. The molecule has 11 nitrogen and oxygen atoms in total.